The Morgan fingerprint density at radius 2 is 1.80 bits per heavy atom. The molecule has 0 radical (unpaired) electrons. The van der Waals surface area contributed by atoms with Crippen LogP contribution in [0.25, 0.3) is 0 Å². The number of carbonyl (C=O) groups is 1. The molecule has 0 spiro atoms. The zero-order valence-corrected chi connectivity index (χ0v) is 22.9. The molecule has 2 aromatic carbocycles. The highest BCUT2D eigenvalue weighted by molar-refractivity contribution is 8.00. The van der Waals surface area contributed by atoms with Gasteiger partial charge >= 0.3 is 0 Å². The summed E-state index contributed by atoms with van der Waals surface area (Å²) in [6.45, 7) is 8.73. The molecule has 0 saturated heterocycles. The third-order valence-electron chi connectivity index (χ3n) is 6.41. The Morgan fingerprint density at radius 3 is 2.40 bits per heavy atom. The maximum absolute atomic E-state index is 14.4. The monoisotopic (exact) mass is 520 g/mol. The van der Waals surface area contributed by atoms with Gasteiger partial charge in [0.15, 0.2) is 0 Å². The lowest BCUT2D eigenvalue weighted by atomic mass is 9.86. The standard InChI is InChI=1S/C27H37FN2O3S2/c1-18(19-12-14-24(23(28)15-19)30-35(5,32)33)26(31)29-17-20-11-13-21(27(2,3)4)16-25(20)34-22-9-7-6-8-10-22/h11-16,18,22,30H,6-10,17H2,1-5H3,(H,29,31)/t18-/m0/s1. The van der Waals surface area contributed by atoms with Gasteiger partial charge < -0.3 is 5.32 Å². The van der Waals surface area contributed by atoms with Gasteiger partial charge in [-0.05, 0) is 60.1 Å². The molecule has 0 aliphatic heterocycles. The van der Waals surface area contributed by atoms with E-state index in [9.17, 15) is 17.6 Å². The van der Waals surface area contributed by atoms with Crippen LogP contribution in [0.2, 0.25) is 0 Å². The first kappa shape index (κ1) is 27.5. The molecular weight excluding hydrogens is 483 g/mol. The second-order valence-electron chi connectivity index (χ2n) is 10.5. The predicted molar refractivity (Wildman–Crippen MR) is 143 cm³/mol. The van der Waals surface area contributed by atoms with Crippen molar-refractivity contribution >= 4 is 33.4 Å². The first-order valence-corrected chi connectivity index (χ1v) is 15.0. The van der Waals surface area contributed by atoms with E-state index in [0.717, 1.165) is 11.8 Å². The van der Waals surface area contributed by atoms with Crippen molar-refractivity contribution in [3.05, 3.63) is 58.9 Å². The van der Waals surface area contributed by atoms with Crippen molar-refractivity contribution in [1.82, 2.24) is 5.32 Å². The molecule has 0 unspecified atom stereocenters. The molecule has 1 aliphatic rings. The van der Waals surface area contributed by atoms with Crippen LogP contribution in [0.4, 0.5) is 10.1 Å². The van der Waals surface area contributed by atoms with Crippen LogP contribution in [0, 0.1) is 5.82 Å². The fourth-order valence-corrected chi connectivity index (χ4v) is 6.19. The Labute approximate surface area is 213 Å². The second kappa shape index (κ2) is 11.3. The van der Waals surface area contributed by atoms with Crippen LogP contribution in [0.15, 0.2) is 41.3 Å². The molecule has 2 N–H and O–H groups in total. The van der Waals surface area contributed by atoms with E-state index >= 15 is 0 Å². The zero-order valence-electron chi connectivity index (χ0n) is 21.3. The van der Waals surface area contributed by atoms with E-state index in [2.05, 4.69) is 49.0 Å². The van der Waals surface area contributed by atoms with Crippen LogP contribution in [0.3, 0.4) is 0 Å². The smallest absolute Gasteiger partial charge is 0.229 e. The summed E-state index contributed by atoms with van der Waals surface area (Å²) >= 11 is 1.93. The minimum Gasteiger partial charge on any atom is -0.351 e. The molecule has 0 heterocycles. The van der Waals surface area contributed by atoms with E-state index in [-0.39, 0.29) is 17.0 Å². The lowest BCUT2D eigenvalue weighted by molar-refractivity contribution is -0.122. The number of hydrogen-bond acceptors (Lipinski definition) is 4. The van der Waals surface area contributed by atoms with Gasteiger partial charge in [-0.2, -0.15) is 0 Å². The predicted octanol–water partition coefficient (Wildman–Crippen LogP) is 6.34. The summed E-state index contributed by atoms with van der Waals surface area (Å²) in [5.41, 5.74) is 2.76. The van der Waals surface area contributed by atoms with Crippen molar-refractivity contribution in [1.29, 1.82) is 0 Å². The number of anilines is 1. The molecular formula is C27H37FN2O3S2. The Bertz CT molecular complexity index is 1150. The van der Waals surface area contributed by atoms with Crippen LogP contribution >= 0.6 is 11.8 Å². The Hall–Kier alpha value is -2.06. The van der Waals surface area contributed by atoms with Crippen molar-refractivity contribution in [3.8, 4) is 0 Å². The Morgan fingerprint density at radius 1 is 1.11 bits per heavy atom. The number of thioether (sulfide) groups is 1. The number of benzene rings is 2. The van der Waals surface area contributed by atoms with E-state index in [1.165, 1.54) is 54.7 Å². The molecule has 192 valence electrons. The molecule has 1 atom stereocenters. The van der Waals surface area contributed by atoms with Crippen molar-refractivity contribution in [2.75, 3.05) is 11.0 Å². The number of halogens is 1. The average Bonchev–Trinajstić information content (AvgIpc) is 2.78. The van der Waals surface area contributed by atoms with Gasteiger partial charge in [0.2, 0.25) is 15.9 Å². The maximum atomic E-state index is 14.4. The summed E-state index contributed by atoms with van der Waals surface area (Å²) in [4.78, 5) is 14.1. The van der Waals surface area contributed by atoms with Gasteiger partial charge in [0.05, 0.1) is 17.9 Å². The van der Waals surface area contributed by atoms with Gasteiger partial charge in [-0.25, -0.2) is 12.8 Å². The summed E-state index contributed by atoms with van der Waals surface area (Å²) in [6.07, 6.45) is 7.27. The first-order chi connectivity index (χ1) is 16.3. The first-order valence-electron chi connectivity index (χ1n) is 12.2. The topological polar surface area (TPSA) is 75.3 Å². The van der Waals surface area contributed by atoms with Gasteiger partial charge in [0, 0.05) is 16.7 Å². The lowest BCUT2D eigenvalue weighted by Crippen LogP contribution is -2.28. The molecule has 2 aromatic rings. The summed E-state index contributed by atoms with van der Waals surface area (Å²) in [7, 11) is -3.59. The van der Waals surface area contributed by atoms with Crippen molar-refractivity contribution in [2.24, 2.45) is 0 Å². The van der Waals surface area contributed by atoms with Crippen LogP contribution in [0.5, 0.6) is 0 Å². The fraction of sp³-hybridized carbons (Fsp3) is 0.519. The summed E-state index contributed by atoms with van der Waals surface area (Å²) in [6, 6.07) is 10.6. The fourth-order valence-electron chi connectivity index (χ4n) is 4.21. The van der Waals surface area contributed by atoms with E-state index in [1.807, 2.05) is 11.8 Å². The molecule has 1 amide bonds. The third-order valence-corrected chi connectivity index (χ3v) is 8.44. The van der Waals surface area contributed by atoms with Crippen LogP contribution < -0.4 is 10.0 Å². The van der Waals surface area contributed by atoms with Gasteiger partial charge in [0.1, 0.15) is 5.82 Å². The number of hydrogen-bond donors (Lipinski definition) is 2. The molecule has 35 heavy (non-hydrogen) atoms. The molecule has 5 nitrogen and oxygen atoms in total. The lowest BCUT2D eigenvalue weighted by Gasteiger charge is -2.25. The number of sulfonamides is 1. The number of nitrogens with one attached hydrogen (secondary N) is 2. The van der Waals surface area contributed by atoms with E-state index < -0.39 is 21.8 Å². The number of rotatable bonds is 8. The van der Waals surface area contributed by atoms with Gasteiger partial charge in [-0.3, -0.25) is 9.52 Å². The molecule has 1 fully saturated rings. The summed E-state index contributed by atoms with van der Waals surface area (Å²) in [5.74, 6) is -1.50. The van der Waals surface area contributed by atoms with Crippen molar-refractivity contribution < 1.29 is 17.6 Å². The molecule has 1 saturated carbocycles. The van der Waals surface area contributed by atoms with E-state index in [0.29, 0.717) is 17.4 Å². The summed E-state index contributed by atoms with van der Waals surface area (Å²) in [5, 5.41) is 3.63. The normalized spacial score (nSPS) is 16.1. The SMILES string of the molecule is C[C@H](C(=O)NCc1ccc(C(C)(C)C)cc1SC1CCCCC1)c1ccc(NS(C)(=O)=O)c(F)c1. The summed E-state index contributed by atoms with van der Waals surface area (Å²) < 4.78 is 39.3. The molecule has 3 rings (SSSR count). The minimum atomic E-state index is -3.59. The molecule has 8 heteroatoms. The molecule has 1 aliphatic carbocycles. The maximum Gasteiger partial charge on any atom is 0.229 e. The van der Waals surface area contributed by atoms with Crippen LogP contribution in [-0.2, 0) is 26.8 Å². The second-order valence-corrected chi connectivity index (χ2v) is 13.6. The van der Waals surface area contributed by atoms with Gasteiger partial charge in [-0.1, -0.05) is 58.2 Å². The van der Waals surface area contributed by atoms with Crippen molar-refractivity contribution in [2.45, 2.75) is 87.8 Å². The highest BCUT2D eigenvalue weighted by Crippen LogP contribution is 2.37. The quantitative estimate of drug-likeness (QED) is 0.426. The highest BCUT2D eigenvalue weighted by atomic mass is 32.2. The number of amides is 1. The van der Waals surface area contributed by atoms with Gasteiger partial charge in [-0.15, -0.1) is 11.8 Å². The van der Waals surface area contributed by atoms with Gasteiger partial charge in [0.25, 0.3) is 0 Å². The largest absolute Gasteiger partial charge is 0.351 e. The van der Waals surface area contributed by atoms with E-state index in [1.54, 1.807) is 13.0 Å². The highest BCUT2D eigenvalue weighted by Gasteiger charge is 2.22. The van der Waals surface area contributed by atoms with Crippen molar-refractivity contribution in [3.63, 3.8) is 0 Å². The van der Waals surface area contributed by atoms with Crippen LogP contribution in [-0.4, -0.2) is 25.8 Å². The zero-order chi connectivity index (χ0) is 25.8. The average molecular weight is 521 g/mol. The van der Waals surface area contributed by atoms with E-state index in [4.69, 9.17) is 0 Å². The minimum absolute atomic E-state index is 0.0420. The Balaban J connectivity index is 1.72. The Kier molecular flexibility index (Phi) is 8.91. The van der Waals surface area contributed by atoms with Crippen LogP contribution in [0.1, 0.15) is 82.4 Å². The number of carbonyl (C=O) groups excluding carboxylic acids is 1. The molecule has 0 aromatic heterocycles. The molecule has 0 bridgehead atoms. The third kappa shape index (κ3) is 7.97.